The summed E-state index contributed by atoms with van der Waals surface area (Å²) in [4.78, 5) is 23.6. The Labute approximate surface area is 156 Å². The molecule has 0 spiro atoms. The number of hydrogen-bond donors (Lipinski definition) is 3. The summed E-state index contributed by atoms with van der Waals surface area (Å²) in [7, 11) is -5.09. The van der Waals surface area contributed by atoms with E-state index in [-0.39, 0.29) is 12.8 Å². The van der Waals surface area contributed by atoms with Crippen molar-refractivity contribution in [1.29, 1.82) is 0 Å². The lowest BCUT2D eigenvalue weighted by molar-refractivity contribution is -0.152. The Bertz CT molecular complexity index is 530. The Hall–Kier alpha value is -1.15. The van der Waals surface area contributed by atoms with Crippen molar-refractivity contribution in [3.63, 3.8) is 0 Å². The Balaban J connectivity index is 5.40. The van der Waals surface area contributed by atoms with Gasteiger partial charge in [0.05, 0.1) is 5.92 Å². The molecule has 2 unspecified atom stereocenters. The van der Waals surface area contributed by atoms with Gasteiger partial charge in [-0.1, -0.05) is 78.1 Å². The summed E-state index contributed by atoms with van der Waals surface area (Å²) in [5.74, 6) is -4.94. The standard InChI is InChI=1S/C18H34O7S/c1-3-5-7-9-11-13-15(16(19)20)18(17(21)22,26(23,24)25)14-12-10-8-6-4-2/h15H,3-14H2,1-2H3,(H,19,20)(H,21,22)(H,23,24,25). The van der Waals surface area contributed by atoms with Crippen LogP contribution in [0.5, 0.6) is 0 Å². The number of rotatable bonds is 16. The van der Waals surface area contributed by atoms with Crippen LogP contribution in [0.15, 0.2) is 0 Å². The summed E-state index contributed by atoms with van der Waals surface area (Å²) in [6.07, 6.45) is 7.07. The van der Waals surface area contributed by atoms with Crippen molar-refractivity contribution in [1.82, 2.24) is 0 Å². The van der Waals surface area contributed by atoms with Crippen LogP contribution in [0, 0.1) is 5.92 Å². The van der Waals surface area contributed by atoms with E-state index in [1.807, 2.05) is 13.8 Å². The molecular weight excluding hydrogens is 360 g/mol. The van der Waals surface area contributed by atoms with Gasteiger partial charge in [-0.25, -0.2) is 0 Å². The normalized spacial score (nSPS) is 15.3. The number of unbranched alkanes of at least 4 members (excludes halogenated alkanes) is 8. The van der Waals surface area contributed by atoms with Crippen LogP contribution < -0.4 is 0 Å². The quantitative estimate of drug-likeness (QED) is 0.265. The van der Waals surface area contributed by atoms with Crippen LogP contribution in [-0.2, 0) is 19.7 Å². The molecule has 0 aromatic carbocycles. The van der Waals surface area contributed by atoms with Gasteiger partial charge in [0.1, 0.15) is 0 Å². The van der Waals surface area contributed by atoms with E-state index in [1.54, 1.807) is 0 Å². The monoisotopic (exact) mass is 394 g/mol. The predicted octanol–water partition coefficient (Wildman–Crippen LogP) is 4.12. The Morgan fingerprint density at radius 3 is 1.69 bits per heavy atom. The fraction of sp³-hybridized carbons (Fsp3) is 0.889. The van der Waals surface area contributed by atoms with Crippen molar-refractivity contribution in [3.05, 3.63) is 0 Å². The second-order valence-corrected chi connectivity index (χ2v) is 8.61. The highest BCUT2D eigenvalue weighted by Crippen LogP contribution is 2.36. The van der Waals surface area contributed by atoms with E-state index in [4.69, 9.17) is 0 Å². The van der Waals surface area contributed by atoms with Crippen molar-refractivity contribution in [2.75, 3.05) is 0 Å². The number of carboxylic acids is 2. The van der Waals surface area contributed by atoms with Crippen LogP contribution in [0.1, 0.15) is 90.9 Å². The van der Waals surface area contributed by atoms with Gasteiger partial charge in [0.2, 0.25) is 4.75 Å². The smallest absolute Gasteiger partial charge is 0.328 e. The lowest BCUT2D eigenvalue weighted by Gasteiger charge is -2.32. The van der Waals surface area contributed by atoms with E-state index in [9.17, 15) is 32.8 Å². The number of hydrogen-bond acceptors (Lipinski definition) is 4. The van der Waals surface area contributed by atoms with Gasteiger partial charge in [-0.05, 0) is 12.8 Å². The maximum Gasteiger partial charge on any atom is 0.328 e. The third-order valence-electron chi connectivity index (χ3n) is 4.93. The summed E-state index contributed by atoms with van der Waals surface area (Å²) >= 11 is 0. The van der Waals surface area contributed by atoms with Gasteiger partial charge in [0.25, 0.3) is 10.1 Å². The van der Waals surface area contributed by atoms with E-state index in [0.29, 0.717) is 19.3 Å². The average molecular weight is 395 g/mol. The zero-order valence-corrected chi connectivity index (χ0v) is 16.8. The highest BCUT2D eigenvalue weighted by molar-refractivity contribution is 7.88. The van der Waals surface area contributed by atoms with Crippen molar-refractivity contribution < 1.29 is 32.8 Å². The molecule has 0 saturated heterocycles. The molecule has 154 valence electrons. The minimum absolute atomic E-state index is 0.0832. The maximum absolute atomic E-state index is 12.0. The Morgan fingerprint density at radius 1 is 0.846 bits per heavy atom. The van der Waals surface area contributed by atoms with Gasteiger partial charge in [-0.2, -0.15) is 8.42 Å². The lowest BCUT2D eigenvalue weighted by atomic mass is 9.82. The minimum Gasteiger partial charge on any atom is -0.481 e. The van der Waals surface area contributed by atoms with Crippen LogP contribution in [0.4, 0.5) is 0 Å². The molecule has 0 aliphatic rings. The largest absolute Gasteiger partial charge is 0.481 e. The van der Waals surface area contributed by atoms with Crippen LogP contribution in [-0.4, -0.2) is 39.9 Å². The van der Waals surface area contributed by atoms with Crippen molar-refractivity contribution in [2.45, 2.75) is 95.6 Å². The van der Waals surface area contributed by atoms with Crippen molar-refractivity contribution in [3.8, 4) is 0 Å². The molecule has 0 aromatic heterocycles. The zero-order chi connectivity index (χ0) is 20.2. The molecule has 26 heavy (non-hydrogen) atoms. The van der Waals surface area contributed by atoms with Gasteiger partial charge in [0, 0.05) is 0 Å². The first-order chi connectivity index (χ1) is 12.1. The van der Waals surface area contributed by atoms with E-state index in [1.165, 1.54) is 0 Å². The van der Waals surface area contributed by atoms with Crippen LogP contribution in [0.25, 0.3) is 0 Å². The molecule has 2 atom stereocenters. The molecule has 0 radical (unpaired) electrons. The summed E-state index contributed by atoms with van der Waals surface area (Å²) in [5, 5.41) is 19.1. The van der Waals surface area contributed by atoms with Crippen LogP contribution >= 0.6 is 0 Å². The molecule has 0 aliphatic heterocycles. The summed E-state index contributed by atoms with van der Waals surface area (Å²) in [6, 6.07) is 0. The Morgan fingerprint density at radius 2 is 1.31 bits per heavy atom. The van der Waals surface area contributed by atoms with E-state index >= 15 is 0 Å². The first-order valence-corrected chi connectivity index (χ1v) is 11.0. The van der Waals surface area contributed by atoms with Gasteiger partial charge >= 0.3 is 11.9 Å². The van der Waals surface area contributed by atoms with Gasteiger partial charge in [-0.15, -0.1) is 0 Å². The highest BCUT2D eigenvalue weighted by atomic mass is 32.2. The van der Waals surface area contributed by atoms with E-state index in [2.05, 4.69) is 0 Å². The molecular formula is C18H34O7S. The first kappa shape index (κ1) is 24.8. The second-order valence-electron chi connectivity index (χ2n) is 6.93. The number of carboxylic acid groups (broad SMARTS) is 2. The van der Waals surface area contributed by atoms with Crippen molar-refractivity contribution in [2.24, 2.45) is 5.92 Å². The fourth-order valence-electron chi connectivity index (χ4n) is 3.35. The number of carbonyl (C=O) groups is 2. The average Bonchev–Trinajstić information content (AvgIpc) is 2.53. The van der Waals surface area contributed by atoms with Gasteiger partial charge in [-0.3, -0.25) is 14.1 Å². The van der Waals surface area contributed by atoms with Crippen LogP contribution in [0.3, 0.4) is 0 Å². The summed E-state index contributed by atoms with van der Waals surface area (Å²) in [6.45, 7) is 4.05. The number of aliphatic carboxylic acids is 2. The van der Waals surface area contributed by atoms with Crippen LogP contribution in [0.2, 0.25) is 0 Å². The van der Waals surface area contributed by atoms with E-state index < -0.39 is 39.1 Å². The molecule has 0 saturated carbocycles. The van der Waals surface area contributed by atoms with Gasteiger partial charge in [0.15, 0.2) is 0 Å². The topological polar surface area (TPSA) is 129 Å². The minimum atomic E-state index is -5.09. The molecule has 7 nitrogen and oxygen atoms in total. The van der Waals surface area contributed by atoms with Crippen molar-refractivity contribution >= 4 is 22.1 Å². The summed E-state index contributed by atoms with van der Waals surface area (Å²) in [5.41, 5.74) is 0. The highest BCUT2D eigenvalue weighted by Gasteiger charge is 2.58. The molecule has 0 bridgehead atoms. The first-order valence-electron chi connectivity index (χ1n) is 9.58. The third-order valence-corrected chi connectivity index (χ3v) is 6.52. The predicted molar refractivity (Wildman–Crippen MR) is 99.8 cm³/mol. The Kier molecular flexibility index (Phi) is 11.7. The molecule has 0 amide bonds. The van der Waals surface area contributed by atoms with Gasteiger partial charge < -0.3 is 10.2 Å². The molecule has 0 aliphatic carbocycles. The molecule has 0 rings (SSSR count). The van der Waals surface area contributed by atoms with E-state index in [0.717, 1.165) is 38.5 Å². The molecule has 0 heterocycles. The molecule has 8 heteroatoms. The zero-order valence-electron chi connectivity index (χ0n) is 15.9. The molecule has 3 N–H and O–H groups in total. The second kappa shape index (κ2) is 12.3. The maximum atomic E-state index is 12.0. The molecule has 0 aromatic rings. The molecule has 0 fully saturated rings. The third kappa shape index (κ3) is 7.23. The SMILES string of the molecule is CCCCCCCC(C(=O)O)C(CCCCCCC)(C(=O)O)S(=O)(=O)O. The fourth-order valence-corrected chi connectivity index (χ4v) is 4.55. The lowest BCUT2D eigenvalue weighted by Crippen LogP contribution is -2.55. The summed E-state index contributed by atoms with van der Waals surface area (Å²) < 4.78 is 31.0.